The number of carbonyl (C=O) groups excluding carboxylic acids is 1. The molecule has 23 heavy (non-hydrogen) atoms. The summed E-state index contributed by atoms with van der Waals surface area (Å²) in [5.41, 5.74) is 1.19. The van der Waals surface area contributed by atoms with Crippen LogP contribution >= 0.6 is 23.4 Å². The second-order valence-electron chi connectivity index (χ2n) is 5.41. The first kappa shape index (κ1) is 17.9. The molecular weight excluding hydrogens is 328 g/mol. The summed E-state index contributed by atoms with van der Waals surface area (Å²) in [5.74, 6) is 0.372. The minimum atomic E-state index is 0.0118. The average molecular weight is 349 g/mol. The van der Waals surface area contributed by atoms with Gasteiger partial charge >= 0.3 is 0 Å². The lowest BCUT2D eigenvalue weighted by atomic mass is 10.1. The van der Waals surface area contributed by atoms with Gasteiger partial charge in [0.2, 0.25) is 5.91 Å². The third-order valence-electron chi connectivity index (χ3n) is 3.50. The van der Waals surface area contributed by atoms with Crippen molar-refractivity contribution in [3.8, 4) is 0 Å². The van der Waals surface area contributed by atoms with Crippen LogP contribution in [0.15, 0.2) is 59.5 Å². The molecule has 2 aromatic rings. The number of thioether (sulfide) groups is 1. The molecule has 2 aromatic carbocycles. The van der Waals surface area contributed by atoms with Gasteiger partial charge in [0, 0.05) is 11.4 Å². The van der Waals surface area contributed by atoms with Crippen LogP contribution in [0.4, 0.5) is 0 Å². The monoisotopic (exact) mass is 348 g/mol. The summed E-state index contributed by atoms with van der Waals surface area (Å²) in [4.78, 5) is 15.1. The summed E-state index contributed by atoms with van der Waals surface area (Å²) in [6, 6.07) is 17.9. The number of nitrogens with one attached hydrogen (secondary N) is 1. The number of hydrogen-bond donors (Lipinski definition) is 1. The van der Waals surface area contributed by atoms with Gasteiger partial charge in [0.1, 0.15) is 0 Å². The number of nitrogens with zero attached hydrogens (tertiary/aromatic N) is 1. The summed E-state index contributed by atoms with van der Waals surface area (Å²) >= 11 is 7.55. The van der Waals surface area contributed by atoms with Crippen LogP contribution < -0.4 is 5.32 Å². The van der Waals surface area contributed by atoms with Crippen LogP contribution in [0.5, 0.6) is 0 Å². The fraction of sp³-hybridized carbons (Fsp3) is 0.278. The van der Waals surface area contributed by atoms with Crippen molar-refractivity contribution in [3.63, 3.8) is 0 Å². The van der Waals surface area contributed by atoms with Crippen molar-refractivity contribution >= 4 is 29.3 Å². The number of halogens is 1. The van der Waals surface area contributed by atoms with E-state index in [1.165, 1.54) is 17.3 Å². The number of rotatable bonds is 7. The standard InChI is InChI=1S/C18H21ClN2OS/c1-21(2)16(14-8-4-3-5-9-14)12-20-18(22)13-23-17-11-7-6-10-15(17)19/h3-11,16H,12-13H2,1-2H3,(H,20,22). The molecule has 0 bridgehead atoms. The lowest BCUT2D eigenvalue weighted by molar-refractivity contribution is -0.118. The molecule has 0 saturated carbocycles. The van der Waals surface area contributed by atoms with Gasteiger partial charge in [0.05, 0.1) is 16.8 Å². The number of amides is 1. The predicted molar refractivity (Wildman–Crippen MR) is 98.1 cm³/mol. The topological polar surface area (TPSA) is 32.3 Å². The molecule has 0 aliphatic heterocycles. The number of hydrogen-bond acceptors (Lipinski definition) is 3. The normalized spacial score (nSPS) is 12.2. The minimum absolute atomic E-state index is 0.0118. The van der Waals surface area contributed by atoms with Crippen LogP contribution in [-0.4, -0.2) is 37.2 Å². The first-order valence-corrected chi connectivity index (χ1v) is 8.79. The van der Waals surface area contributed by atoms with E-state index in [0.29, 0.717) is 17.3 Å². The number of benzene rings is 2. The lowest BCUT2D eigenvalue weighted by Crippen LogP contribution is -2.35. The maximum Gasteiger partial charge on any atom is 0.230 e. The summed E-state index contributed by atoms with van der Waals surface area (Å²) < 4.78 is 0. The summed E-state index contributed by atoms with van der Waals surface area (Å²) in [6.45, 7) is 0.582. The molecule has 5 heteroatoms. The Morgan fingerprint density at radius 3 is 2.43 bits per heavy atom. The van der Waals surface area contributed by atoms with Crippen molar-refractivity contribution in [1.82, 2.24) is 10.2 Å². The molecule has 0 aliphatic carbocycles. The highest BCUT2D eigenvalue weighted by Gasteiger charge is 2.15. The molecule has 1 unspecified atom stereocenters. The average Bonchev–Trinajstić information content (AvgIpc) is 2.55. The van der Waals surface area contributed by atoms with Crippen molar-refractivity contribution in [2.45, 2.75) is 10.9 Å². The van der Waals surface area contributed by atoms with E-state index < -0.39 is 0 Å². The van der Waals surface area contributed by atoms with Gasteiger partial charge in [-0.25, -0.2) is 0 Å². The van der Waals surface area contributed by atoms with Crippen LogP contribution in [0, 0.1) is 0 Å². The van der Waals surface area contributed by atoms with Crippen molar-refractivity contribution < 1.29 is 4.79 Å². The molecule has 1 amide bonds. The Bertz CT molecular complexity index is 634. The predicted octanol–water partition coefficient (Wildman–Crippen LogP) is 3.85. The maximum absolute atomic E-state index is 12.1. The molecule has 0 fully saturated rings. The van der Waals surface area contributed by atoms with Gasteiger partial charge in [0.25, 0.3) is 0 Å². The van der Waals surface area contributed by atoms with Gasteiger partial charge in [-0.05, 0) is 31.8 Å². The van der Waals surface area contributed by atoms with Crippen LogP contribution in [0.3, 0.4) is 0 Å². The van der Waals surface area contributed by atoms with Gasteiger partial charge < -0.3 is 10.2 Å². The minimum Gasteiger partial charge on any atom is -0.353 e. The molecule has 122 valence electrons. The fourth-order valence-corrected chi connectivity index (χ4v) is 3.31. The van der Waals surface area contributed by atoms with E-state index in [2.05, 4.69) is 22.3 Å². The van der Waals surface area contributed by atoms with Crippen molar-refractivity contribution in [1.29, 1.82) is 0 Å². The largest absolute Gasteiger partial charge is 0.353 e. The second-order valence-corrected chi connectivity index (χ2v) is 6.84. The smallest absolute Gasteiger partial charge is 0.230 e. The van der Waals surface area contributed by atoms with Gasteiger partial charge in [-0.1, -0.05) is 54.1 Å². The third-order valence-corrected chi connectivity index (χ3v) is 5.01. The lowest BCUT2D eigenvalue weighted by Gasteiger charge is -2.25. The van der Waals surface area contributed by atoms with Crippen LogP contribution in [0.1, 0.15) is 11.6 Å². The van der Waals surface area contributed by atoms with E-state index >= 15 is 0 Å². The molecule has 0 heterocycles. The van der Waals surface area contributed by atoms with Gasteiger partial charge in [-0.15, -0.1) is 11.8 Å². The molecule has 0 aliphatic rings. The van der Waals surface area contributed by atoms with Crippen molar-refractivity contribution in [2.75, 3.05) is 26.4 Å². The Morgan fingerprint density at radius 2 is 1.78 bits per heavy atom. The van der Waals surface area contributed by atoms with E-state index in [4.69, 9.17) is 11.6 Å². The van der Waals surface area contributed by atoms with Gasteiger partial charge in [-0.3, -0.25) is 4.79 Å². The van der Waals surface area contributed by atoms with E-state index in [1.54, 1.807) is 0 Å². The zero-order valence-electron chi connectivity index (χ0n) is 13.3. The van der Waals surface area contributed by atoms with Crippen molar-refractivity contribution in [3.05, 3.63) is 65.2 Å². The van der Waals surface area contributed by atoms with Crippen LogP contribution in [0.2, 0.25) is 5.02 Å². The van der Waals surface area contributed by atoms with Crippen LogP contribution in [0.25, 0.3) is 0 Å². The maximum atomic E-state index is 12.1. The molecule has 0 radical (unpaired) electrons. The Balaban J connectivity index is 1.86. The third kappa shape index (κ3) is 5.57. The second kappa shape index (κ2) is 8.96. The van der Waals surface area contributed by atoms with Gasteiger partial charge in [-0.2, -0.15) is 0 Å². The molecular formula is C18H21ClN2OS. The molecule has 1 atom stereocenters. The number of likely N-dealkylation sites (N-methyl/N-ethyl adjacent to an activating group) is 1. The SMILES string of the molecule is CN(C)C(CNC(=O)CSc1ccccc1Cl)c1ccccc1. The van der Waals surface area contributed by atoms with E-state index in [9.17, 15) is 4.79 Å². The zero-order valence-corrected chi connectivity index (χ0v) is 14.9. The molecule has 1 N–H and O–H groups in total. The first-order valence-electron chi connectivity index (χ1n) is 7.43. The zero-order chi connectivity index (χ0) is 16.7. The molecule has 0 aromatic heterocycles. The Kier molecular flexibility index (Phi) is 6.96. The number of carbonyl (C=O) groups is 1. The van der Waals surface area contributed by atoms with E-state index in [-0.39, 0.29) is 11.9 Å². The Hall–Kier alpha value is -1.49. The molecule has 2 rings (SSSR count). The van der Waals surface area contributed by atoms with E-state index in [1.807, 2.05) is 56.6 Å². The quantitative estimate of drug-likeness (QED) is 0.771. The Labute approximate surface area is 147 Å². The first-order chi connectivity index (χ1) is 11.1. The highest BCUT2D eigenvalue weighted by atomic mass is 35.5. The van der Waals surface area contributed by atoms with Crippen molar-refractivity contribution in [2.24, 2.45) is 0 Å². The van der Waals surface area contributed by atoms with Crippen LogP contribution in [-0.2, 0) is 4.79 Å². The summed E-state index contributed by atoms with van der Waals surface area (Å²) in [7, 11) is 4.03. The highest BCUT2D eigenvalue weighted by Crippen LogP contribution is 2.26. The fourth-order valence-electron chi connectivity index (χ4n) is 2.24. The Morgan fingerprint density at radius 1 is 1.13 bits per heavy atom. The summed E-state index contributed by atoms with van der Waals surface area (Å²) in [5, 5.41) is 3.69. The summed E-state index contributed by atoms with van der Waals surface area (Å²) in [6.07, 6.45) is 0. The molecule has 0 spiro atoms. The molecule has 0 saturated heterocycles. The van der Waals surface area contributed by atoms with E-state index in [0.717, 1.165) is 4.90 Å². The highest BCUT2D eigenvalue weighted by molar-refractivity contribution is 8.00. The van der Waals surface area contributed by atoms with Gasteiger partial charge in [0.15, 0.2) is 0 Å². The molecule has 3 nitrogen and oxygen atoms in total.